The maximum Gasteiger partial charge on any atom is 0.433 e. The van der Waals surface area contributed by atoms with Gasteiger partial charge in [0, 0.05) is 11.8 Å². The molecule has 6 nitrogen and oxygen atoms in total. The lowest BCUT2D eigenvalue weighted by atomic mass is 10.0. The van der Waals surface area contributed by atoms with Crippen LogP contribution in [0.15, 0.2) is 61.3 Å². The van der Waals surface area contributed by atoms with Gasteiger partial charge in [-0.2, -0.15) is 13.2 Å². The van der Waals surface area contributed by atoms with Crippen LogP contribution in [0.3, 0.4) is 0 Å². The zero-order chi connectivity index (χ0) is 26.7. The van der Waals surface area contributed by atoms with E-state index in [-0.39, 0.29) is 17.9 Å². The Morgan fingerprint density at radius 3 is 2.54 bits per heavy atom. The number of hydrogen-bond acceptors (Lipinski definition) is 5. The van der Waals surface area contributed by atoms with Crippen molar-refractivity contribution in [2.75, 3.05) is 23.6 Å². The molecular weight excluding hydrogens is 488 g/mol. The van der Waals surface area contributed by atoms with Gasteiger partial charge < -0.3 is 9.64 Å². The number of allylic oxidation sites excluding steroid dienone is 2. The molecule has 3 heterocycles. The number of aromatic nitrogens is 2. The van der Waals surface area contributed by atoms with Crippen LogP contribution in [0.4, 0.5) is 34.6 Å². The number of amides is 1. The summed E-state index contributed by atoms with van der Waals surface area (Å²) in [5.41, 5.74) is 0.743. The molecule has 0 saturated carbocycles. The zero-order valence-electron chi connectivity index (χ0n) is 20.2. The normalized spacial score (nSPS) is 13.7. The Balaban J connectivity index is 1.93. The van der Waals surface area contributed by atoms with Gasteiger partial charge in [-0.15, -0.1) is 6.58 Å². The van der Waals surface area contributed by atoms with Crippen molar-refractivity contribution in [3.05, 3.63) is 89.7 Å². The third-order valence-electron chi connectivity index (χ3n) is 5.87. The highest BCUT2D eigenvalue weighted by atomic mass is 19.4. The number of anilines is 3. The van der Waals surface area contributed by atoms with E-state index in [2.05, 4.69) is 16.5 Å². The maximum atomic E-state index is 14.2. The van der Waals surface area contributed by atoms with Crippen molar-refractivity contribution < 1.29 is 27.1 Å². The third-order valence-corrected chi connectivity index (χ3v) is 5.87. The lowest BCUT2D eigenvalue weighted by molar-refractivity contribution is -0.141. The summed E-state index contributed by atoms with van der Waals surface area (Å²) in [5.74, 6) is -0.785. The van der Waals surface area contributed by atoms with Crippen LogP contribution in [-0.4, -0.2) is 29.7 Å². The number of halogens is 4. The molecule has 1 aliphatic heterocycles. The Kier molecular flexibility index (Phi) is 7.28. The highest BCUT2D eigenvalue weighted by Crippen LogP contribution is 2.40. The van der Waals surface area contributed by atoms with Crippen LogP contribution in [0.1, 0.15) is 40.7 Å². The summed E-state index contributed by atoms with van der Waals surface area (Å²) in [5, 5.41) is 0. The molecule has 1 amide bonds. The maximum absolute atomic E-state index is 14.2. The predicted octanol–water partition coefficient (Wildman–Crippen LogP) is 6.55. The van der Waals surface area contributed by atoms with Crippen molar-refractivity contribution >= 4 is 29.0 Å². The molecule has 37 heavy (non-hydrogen) atoms. The fourth-order valence-corrected chi connectivity index (χ4v) is 4.15. The molecule has 192 valence electrons. The molecule has 0 fully saturated rings. The molecule has 0 atom stereocenters. The van der Waals surface area contributed by atoms with Gasteiger partial charge in [-0.05, 0) is 61.7 Å². The SMILES string of the molecule is C=CCCc1cc(F)ccc1N1CN(c2ccc(OC)nc2/C=C\C)C(=O)c2cc(C(F)(F)F)ncc21. The summed E-state index contributed by atoms with van der Waals surface area (Å²) in [4.78, 5) is 24.6. The first-order valence-electron chi connectivity index (χ1n) is 11.4. The summed E-state index contributed by atoms with van der Waals surface area (Å²) in [6.07, 6.45) is 2.38. The number of ether oxygens (including phenoxy) is 1. The van der Waals surface area contributed by atoms with Crippen molar-refractivity contribution in [3.63, 3.8) is 0 Å². The average molecular weight is 513 g/mol. The number of hydrogen-bond donors (Lipinski definition) is 0. The van der Waals surface area contributed by atoms with Crippen molar-refractivity contribution in [2.45, 2.75) is 25.9 Å². The van der Waals surface area contributed by atoms with E-state index in [0.717, 1.165) is 12.3 Å². The molecule has 0 bridgehead atoms. The molecule has 0 spiro atoms. The number of pyridine rings is 2. The van der Waals surface area contributed by atoms with Gasteiger partial charge in [0.25, 0.3) is 5.91 Å². The third kappa shape index (κ3) is 5.18. The molecule has 0 aliphatic carbocycles. The van der Waals surface area contributed by atoms with Crippen LogP contribution in [0, 0.1) is 5.82 Å². The van der Waals surface area contributed by atoms with E-state index in [1.807, 2.05) is 0 Å². The monoisotopic (exact) mass is 512 g/mol. The van der Waals surface area contributed by atoms with Gasteiger partial charge in [0.1, 0.15) is 18.2 Å². The van der Waals surface area contributed by atoms with Crippen LogP contribution in [0.25, 0.3) is 6.08 Å². The first-order valence-corrected chi connectivity index (χ1v) is 11.4. The molecule has 1 aliphatic rings. The number of alkyl halides is 3. The summed E-state index contributed by atoms with van der Waals surface area (Å²) in [7, 11) is 1.45. The molecule has 3 aromatic rings. The summed E-state index contributed by atoms with van der Waals surface area (Å²) >= 11 is 0. The van der Waals surface area contributed by atoms with E-state index in [9.17, 15) is 22.4 Å². The molecule has 0 radical (unpaired) electrons. The fourth-order valence-electron chi connectivity index (χ4n) is 4.15. The Bertz CT molecular complexity index is 1370. The average Bonchev–Trinajstić information content (AvgIpc) is 2.88. The number of carbonyl (C=O) groups is 1. The topological polar surface area (TPSA) is 58.6 Å². The number of carbonyl (C=O) groups excluding carboxylic acids is 1. The van der Waals surface area contributed by atoms with Crippen molar-refractivity contribution in [3.8, 4) is 5.88 Å². The van der Waals surface area contributed by atoms with Crippen LogP contribution in [0.2, 0.25) is 0 Å². The van der Waals surface area contributed by atoms with Crippen LogP contribution in [-0.2, 0) is 12.6 Å². The van der Waals surface area contributed by atoms with Crippen molar-refractivity contribution in [1.29, 1.82) is 0 Å². The van der Waals surface area contributed by atoms with Crippen LogP contribution >= 0.6 is 0 Å². The van der Waals surface area contributed by atoms with Gasteiger partial charge in [-0.25, -0.2) is 14.4 Å². The minimum Gasteiger partial charge on any atom is -0.481 e. The number of methoxy groups -OCH3 is 1. The summed E-state index contributed by atoms with van der Waals surface area (Å²) in [6, 6.07) is 8.12. The van der Waals surface area contributed by atoms with Crippen LogP contribution < -0.4 is 14.5 Å². The van der Waals surface area contributed by atoms with Crippen LogP contribution in [0.5, 0.6) is 5.88 Å². The summed E-state index contributed by atoms with van der Waals surface area (Å²) < 4.78 is 60.0. The van der Waals surface area contributed by atoms with E-state index in [4.69, 9.17) is 4.74 Å². The molecule has 4 rings (SSSR count). The first-order chi connectivity index (χ1) is 17.7. The quantitative estimate of drug-likeness (QED) is 0.265. The predicted molar refractivity (Wildman–Crippen MR) is 133 cm³/mol. The minimum absolute atomic E-state index is 0.0653. The van der Waals surface area contributed by atoms with Gasteiger partial charge in [-0.3, -0.25) is 9.69 Å². The van der Waals surface area contributed by atoms with E-state index >= 15 is 0 Å². The summed E-state index contributed by atoms with van der Waals surface area (Å²) in [6.45, 7) is 5.42. The number of aryl methyl sites for hydroxylation is 1. The minimum atomic E-state index is -4.74. The second kappa shape index (κ2) is 10.4. The Hall–Kier alpha value is -4.21. The van der Waals surface area contributed by atoms with Gasteiger partial charge in [-0.1, -0.05) is 12.2 Å². The molecule has 10 heteroatoms. The second-order valence-corrected chi connectivity index (χ2v) is 8.25. The first kappa shape index (κ1) is 25.9. The zero-order valence-corrected chi connectivity index (χ0v) is 20.2. The largest absolute Gasteiger partial charge is 0.481 e. The Morgan fingerprint density at radius 2 is 1.86 bits per heavy atom. The molecule has 0 N–H and O–H groups in total. The molecule has 2 aromatic heterocycles. The van der Waals surface area contributed by atoms with Crippen molar-refractivity contribution in [2.24, 2.45) is 0 Å². The number of rotatable bonds is 7. The Labute approximate surface area is 211 Å². The second-order valence-electron chi connectivity index (χ2n) is 8.25. The van der Waals surface area contributed by atoms with E-state index in [1.165, 1.54) is 24.1 Å². The highest BCUT2D eigenvalue weighted by molar-refractivity contribution is 6.13. The fraction of sp³-hybridized carbons (Fsp3) is 0.222. The molecule has 0 saturated heterocycles. The lowest BCUT2D eigenvalue weighted by Gasteiger charge is -2.39. The van der Waals surface area contributed by atoms with Gasteiger partial charge in [0.15, 0.2) is 0 Å². The smallest absolute Gasteiger partial charge is 0.433 e. The van der Waals surface area contributed by atoms with Gasteiger partial charge >= 0.3 is 6.18 Å². The number of fused-ring (bicyclic) bond motifs is 1. The lowest BCUT2D eigenvalue weighted by Crippen LogP contribution is -2.46. The Morgan fingerprint density at radius 1 is 1.11 bits per heavy atom. The molecule has 1 aromatic carbocycles. The van der Waals surface area contributed by atoms with E-state index in [0.29, 0.717) is 41.4 Å². The van der Waals surface area contributed by atoms with Gasteiger partial charge in [0.05, 0.1) is 35.9 Å². The molecule has 0 unspecified atom stereocenters. The standard InChI is InChI=1S/C27H24F4N4O2/c1-4-6-8-17-13-18(28)9-10-21(17)34-16-35(22-11-12-25(37-3)33-20(22)7-5-2)26(36)19-14-24(27(29,30)31)32-15-23(19)34/h4-5,7,9-15H,1,6,8,16H2,2-3H3/b7-5-. The van der Waals surface area contributed by atoms with E-state index in [1.54, 1.807) is 48.3 Å². The van der Waals surface area contributed by atoms with Gasteiger partial charge in [0.2, 0.25) is 5.88 Å². The number of benzene rings is 1. The molecular formula is C27H24F4N4O2. The van der Waals surface area contributed by atoms with Crippen molar-refractivity contribution in [1.82, 2.24) is 9.97 Å². The van der Waals surface area contributed by atoms with E-state index < -0.39 is 23.6 Å². The highest BCUT2D eigenvalue weighted by Gasteiger charge is 2.38. The number of nitrogens with zero attached hydrogens (tertiary/aromatic N) is 4.